The van der Waals surface area contributed by atoms with Crippen LogP contribution in [0.3, 0.4) is 0 Å². The van der Waals surface area contributed by atoms with E-state index in [4.69, 9.17) is 0 Å². The fourth-order valence-electron chi connectivity index (χ4n) is 5.65. The summed E-state index contributed by atoms with van der Waals surface area (Å²) in [7, 11) is 0. The second kappa shape index (κ2) is 6.68. The van der Waals surface area contributed by atoms with Crippen LogP contribution in [0.4, 0.5) is 0 Å². The average molecular weight is 392 g/mol. The molecule has 0 saturated carbocycles. The molecule has 0 spiro atoms. The fourth-order valence-corrected chi connectivity index (χ4v) is 5.65. The summed E-state index contributed by atoms with van der Waals surface area (Å²) in [6.07, 6.45) is 2.87. The summed E-state index contributed by atoms with van der Waals surface area (Å²) in [6.45, 7) is 13.8. The molecule has 1 aromatic carbocycles. The average Bonchev–Trinajstić information content (AvgIpc) is 2.58. The first-order valence-corrected chi connectivity index (χ1v) is 10.9. The third kappa shape index (κ3) is 3.29. The molecule has 0 saturated heterocycles. The minimum atomic E-state index is -0.212. The monoisotopic (exact) mass is 391 g/mol. The first-order chi connectivity index (χ1) is 13.5. The highest BCUT2D eigenvalue weighted by atomic mass is 16.1. The molecule has 1 aliphatic heterocycles. The summed E-state index contributed by atoms with van der Waals surface area (Å²) >= 11 is 0. The topological polar surface area (TPSA) is 37.4 Å². The Balaban J connectivity index is 2.01. The van der Waals surface area contributed by atoms with Crippen molar-refractivity contribution in [3.05, 3.63) is 57.9 Å². The van der Waals surface area contributed by atoms with Gasteiger partial charge in [0.15, 0.2) is 11.6 Å². The molecule has 0 atom stereocenters. The molecule has 0 radical (unpaired) electrons. The minimum Gasteiger partial charge on any atom is -0.348 e. The molecule has 0 bridgehead atoms. The highest BCUT2D eigenvalue weighted by Gasteiger charge is 2.48. The number of carbonyl (C=O) groups is 2. The quantitative estimate of drug-likeness (QED) is 0.649. The van der Waals surface area contributed by atoms with E-state index in [-0.39, 0.29) is 28.3 Å². The van der Waals surface area contributed by atoms with E-state index in [0.717, 1.165) is 53.1 Å². The van der Waals surface area contributed by atoms with Crippen LogP contribution >= 0.6 is 0 Å². The summed E-state index contributed by atoms with van der Waals surface area (Å²) in [5.41, 5.74) is 6.25. The van der Waals surface area contributed by atoms with E-state index in [1.165, 1.54) is 0 Å². The van der Waals surface area contributed by atoms with Gasteiger partial charge in [0.1, 0.15) is 0 Å². The SMILES string of the molecule is CCN1C2=C(C(=O)CC(C)(C)C2)C(c2ccccc2C)C2=C1CC(C)(C)CC2=O. The van der Waals surface area contributed by atoms with Crippen LogP contribution in [-0.4, -0.2) is 23.0 Å². The van der Waals surface area contributed by atoms with Crippen molar-refractivity contribution in [2.75, 3.05) is 6.54 Å². The van der Waals surface area contributed by atoms with Crippen LogP contribution in [0.15, 0.2) is 46.8 Å². The summed E-state index contributed by atoms with van der Waals surface area (Å²) < 4.78 is 0. The summed E-state index contributed by atoms with van der Waals surface area (Å²) in [5.74, 6) is 0.218. The van der Waals surface area contributed by atoms with E-state index in [1.807, 2.05) is 12.1 Å². The molecule has 4 rings (SSSR count). The van der Waals surface area contributed by atoms with Crippen molar-refractivity contribution in [2.24, 2.45) is 10.8 Å². The number of allylic oxidation sites excluding steroid dienone is 4. The van der Waals surface area contributed by atoms with Gasteiger partial charge < -0.3 is 4.90 Å². The predicted octanol–water partition coefficient (Wildman–Crippen LogP) is 5.70. The fraction of sp³-hybridized carbons (Fsp3) is 0.538. The molecule has 154 valence electrons. The number of hydrogen-bond acceptors (Lipinski definition) is 3. The molecule has 0 aromatic heterocycles. The molecule has 2 aliphatic carbocycles. The Morgan fingerprint density at radius 2 is 1.34 bits per heavy atom. The lowest BCUT2D eigenvalue weighted by molar-refractivity contribution is -0.119. The van der Waals surface area contributed by atoms with Crippen LogP contribution in [0.25, 0.3) is 0 Å². The number of aryl methyl sites for hydroxylation is 1. The molecule has 0 amide bonds. The maximum absolute atomic E-state index is 13.5. The Morgan fingerprint density at radius 3 is 1.79 bits per heavy atom. The summed E-state index contributed by atoms with van der Waals surface area (Å²) in [4.78, 5) is 29.3. The Kier molecular flexibility index (Phi) is 4.64. The lowest BCUT2D eigenvalue weighted by Gasteiger charge is -2.49. The van der Waals surface area contributed by atoms with Crippen LogP contribution in [-0.2, 0) is 9.59 Å². The molecule has 29 heavy (non-hydrogen) atoms. The van der Waals surface area contributed by atoms with Gasteiger partial charge in [-0.15, -0.1) is 0 Å². The normalized spacial score (nSPS) is 24.0. The smallest absolute Gasteiger partial charge is 0.162 e. The molecule has 0 fully saturated rings. The van der Waals surface area contributed by atoms with Crippen molar-refractivity contribution in [1.29, 1.82) is 0 Å². The molecule has 1 aromatic rings. The molecular weight excluding hydrogens is 358 g/mol. The standard InChI is InChI=1S/C26H33NO2/c1-7-27-18-12-25(3,4)14-20(28)23(18)22(17-11-9-8-10-16(17)2)24-19(27)13-26(5,6)15-21(24)29/h8-11,22H,7,12-15H2,1-6H3. The lowest BCUT2D eigenvalue weighted by Crippen LogP contribution is -2.44. The van der Waals surface area contributed by atoms with E-state index in [0.29, 0.717) is 12.8 Å². The summed E-state index contributed by atoms with van der Waals surface area (Å²) in [6, 6.07) is 8.26. The van der Waals surface area contributed by atoms with Crippen molar-refractivity contribution < 1.29 is 9.59 Å². The van der Waals surface area contributed by atoms with Crippen LogP contribution in [0.2, 0.25) is 0 Å². The van der Waals surface area contributed by atoms with Crippen LogP contribution in [0, 0.1) is 17.8 Å². The maximum atomic E-state index is 13.5. The Bertz CT molecular complexity index is 907. The number of rotatable bonds is 2. The highest BCUT2D eigenvalue weighted by molar-refractivity contribution is 6.06. The molecule has 0 unspecified atom stereocenters. The van der Waals surface area contributed by atoms with Gasteiger partial charge in [0.25, 0.3) is 0 Å². The Morgan fingerprint density at radius 1 is 0.862 bits per heavy atom. The Hall–Kier alpha value is -2.16. The van der Waals surface area contributed by atoms with Gasteiger partial charge in [-0.3, -0.25) is 9.59 Å². The van der Waals surface area contributed by atoms with E-state index in [2.05, 4.69) is 58.6 Å². The second-order valence-corrected chi connectivity index (χ2v) is 10.6. The largest absolute Gasteiger partial charge is 0.348 e. The zero-order valence-electron chi connectivity index (χ0n) is 18.7. The molecule has 0 N–H and O–H groups in total. The first kappa shape index (κ1) is 20.1. The van der Waals surface area contributed by atoms with Gasteiger partial charge in [0.05, 0.1) is 0 Å². The van der Waals surface area contributed by atoms with Gasteiger partial charge >= 0.3 is 0 Å². The minimum absolute atomic E-state index is 0.0497. The van der Waals surface area contributed by atoms with E-state index in [9.17, 15) is 9.59 Å². The third-order valence-corrected chi connectivity index (χ3v) is 6.84. The van der Waals surface area contributed by atoms with E-state index in [1.54, 1.807) is 0 Å². The molecule has 1 heterocycles. The maximum Gasteiger partial charge on any atom is 0.162 e. The summed E-state index contributed by atoms with van der Waals surface area (Å²) in [5, 5.41) is 0. The van der Waals surface area contributed by atoms with Crippen molar-refractivity contribution in [3.63, 3.8) is 0 Å². The van der Waals surface area contributed by atoms with Gasteiger partial charge in [-0.25, -0.2) is 0 Å². The van der Waals surface area contributed by atoms with Gasteiger partial charge in [0, 0.05) is 47.8 Å². The van der Waals surface area contributed by atoms with Crippen LogP contribution < -0.4 is 0 Å². The van der Waals surface area contributed by atoms with Crippen molar-refractivity contribution in [1.82, 2.24) is 4.90 Å². The van der Waals surface area contributed by atoms with Gasteiger partial charge in [-0.1, -0.05) is 52.0 Å². The molecule has 3 nitrogen and oxygen atoms in total. The van der Waals surface area contributed by atoms with Crippen molar-refractivity contribution in [2.45, 2.75) is 73.1 Å². The molecule has 3 heteroatoms. The number of benzene rings is 1. The molecule has 3 aliphatic rings. The van der Waals surface area contributed by atoms with E-state index < -0.39 is 0 Å². The number of hydrogen-bond donors (Lipinski definition) is 0. The predicted molar refractivity (Wildman–Crippen MR) is 116 cm³/mol. The Labute approximate surface area is 174 Å². The van der Waals surface area contributed by atoms with Gasteiger partial charge in [-0.2, -0.15) is 0 Å². The first-order valence-electron chi connectivity index (χ1n) is 10.9. The zero-order chi connectivity index (χ0) is 21.1. The van der Waals surface area contributed by atoms with E-state index >= 15 is 0 Å². The third-order valence-electron chi connectivity index (χ3n) is 6.84. The number of Topliss-reactive ketones (excluding diaryl/α,β-unsaturated/α-hetero) is 2. The van der Waals surface area contributed by atoms with Crippen molar-refractivity contribution >= 4 is 11.6 Å². The van der Waals surface area contributed by atoms with Crippen LogP contribution in [0.1, 0.15) is 77.3 Å². The number of ketones is 2. The van der Waals surface area contributed by atoms with Gasteiger partial charge in [0.2, 0.25) is 0 Å². The van der Waals surface area contributed by atoms with Gasteiger partial charge in [-0.05, 0) is 48.6 Å². The zero-order valence-corrected chi connectivity index (χ0v) is 18.7. The highest BCUT2D eigenvalue weighted by Crippen LogP contribution is 2.54. The number of carbonyl (C=O) groups excluding carboxylic acids is 2. The number of nitrogens with zero attached hydrogens (tertiary/aromatic N) is 1. The molecular formula is C26H33NO2. The van der Waals surface area contributed by atoms with Crippen LogP contribution in [0.5, 0.6) is 0 Å². The lowest BCUT2D eigenvalue weighted by atomic mass is 9.63. The van der Waals surface area contributed by atoms with Crippen molar-refractivity contribution in [3.8, 4) is 0 Å². The second-order valence-electron chi connectivity index (χ2n) is 10.6.